The van der Waals surface area contributed by atoms with Gasteiger partial charge in [-0.15, -0.1) is 0 Å². The van der Waals surface area contributed by atoms with Gasteiger partial charge in [-0.05, 0) is 24.6 Å². The molecule has 0 saturated carbocycles. The topological polar surface area (TPSA) is 50.8 Å². The first-order valence-electron chi connectivity index (χ1n) is 6.19. The van der Waals surface area contributed by atoms with Gasteiger partial charge in [-0.1, -0.05) is 17.7 Å². The van der Waals surface area contributed by atoms with Crippen molar-refractivity contribution in [1.29, 1.82) is 0 Å². The van der Waals surface area contributed by atoms with Gasteiger partial charge in [0.1, 0.15) is 0 Å². The second-order valence-electron chi connectivity index (χ2n) is 4.81. The molecule has 4 nitrogen and oxygen atoms in total. The summed E-state index contributed by atoms with van der Waals surface area (Å²) < 4.78 is 0. The lowest BCUT2D eigenvalue weighted by molar-refractivity contribution is -0.892. The Balaban J connectivity index is 2.01. The third-order valence-electron chi connectivity index (χ3n) is 3.41. The Hall–Kier alpha value is -1.26. The Morgan fingerprint density at radius 1 is 1.44 bits per heavy atom. The van der Waals surface area contributed by atoms with Crippen LogP contribution in [0.5, 0.6) is 0 Å². The zero-order valence-corrected chi connectivity index (χ0v) is 11.3. The largest absolute Gasteiger partial charge is 0.365 e. The quantitative estimate of drug-likeness (QED) is 0.800. The summed E-state index contributed by atoms with van der Waals surface area (Å²) in [5, 5.41) is 0.766. The fourth-order valence-corrected chi connectivity index (χ4v) is 2.58. The van der Waals surface area contributed by atoms with Crippen LogP contribution in [0.1, 0.15) is 5.56 Å². The fraction of sp³-hybridized carbons (Fsp3) is 0.462. The van der Waals surface area contributed by atoms with E-state index in [1.165, 1.54) is 16.2 Å². The summed E-state index contributed by atoms with van der Waals surface area (Å²) in [6.45, 7) is 6.27. The highest BCUT2D eigenvalue weighted by atomic mass is 35.5. The second-order valence-corrected chi connectivity index (χ2v) is 5.25. The molecule has 1 amide bonds. The van der Waals surface area contributed by atoms with Gasteiger partial charge < -0.3 is 15.5 Å². The Labute approximate surface area is 112 Å². The number of benzene rings is 1. The van der Waals surface area contributed by atoms with E-state index in [1.807, 2.05) is 18.2 Å². The van der Waals surface area contributed by atoms with Crippen molar-refractivity contribution in [3.63, 3.8) is 0 Å². The molecule has 0 aliphatic carbocycles. The predicted molar refractivity (Wildman–Crippen MR) is 73.2 cm³/mol. The number of carbonyl (C=O) groups excluding carboxylic acids is 1. The highest BCUT2D eigenvalue weighted by molar-refractivity contribution is 6.30. The van der Waals surface area contributed by atoms with E-state index in [-0.39, 0.29) is 5.91 Å². The molecule has 1 heterocycles. The molecule has 1 aromatic rings. The van der Waals surface area contributed by atoms with E-state index < -0.39 is 0 Å². The van der Waals surface area contributed by atoms with Gasteiger partial charge in [0.25, 0.3) is 5.91 Å². The molecular formula is C13H19ClN3O+. The van der Waals surface area contributed by atoms with Crippen molar-refractivity contribution in [1.82, 2.24) is 0 Å². The van der Waals surface area contributed by atoms with E-state index in [0.717, 1.165) is 31.2 Å². The van der Waals surface area contributed by atoms with Crippen LogP contribution in [0.25, 0.3) is 0 Å². The molecule has 0 atom stereocenters. The van der Waals surface area contributed by atoms with Crippen LogP contribution in [0.3, 0.4) is 0 Å². The predicted octanol–water partition coefficient (Wildman–Crippen LogP) is -0.161. The Morgan fingerprint density at radius 2 is 2.11 bits per heavy atom. The van der Waals surface area contributed by atoms with Gasteiger partial charge in [-0.2, -0.15) is 0 Å². The van der Waals surface area contributed by atoms with Crippen molar-refractivity contribution in [2.45, 2.75) is 6.92 Å². The lowest BCUT2D eigenvalue weighted by Crippen LogP contribution is -3.15. The molecule has 0 bridgehead atoms. The number of hydrogen-bond acceptors (Lipinski definition) is 2. The van der Waals surface area contributed by atoms with Crippen molar-refractivity contribution < 1.29 is 9.69 Å². The monoisotopic (exact) mass is 268 g/mol. The number of nitrogens with zero attached hydrogens (tertiary/aromatic N) is 1. The first-order chi connectivity index (χ1) is 8.56. The number of nitrogens with two attached hydrogens (primary N) is 1. The van der Waals surface area contributed by atoms with Crippen LogP contribution in [0.2, 0.25) is 5.02 Å². The molecule has 18 heavy (non-hydrogen) atoms. The van der Waals surface area contributed by atoms with Crippen molar-refractivity contribution in [2.24, 2.45) is 5.73 Å². The molecule has 0 radical (unpaired) electrons. The SMILES string of the molecule is Cc1ccc(Cl)cc1N1CC[NH+](CC(N)=O)CC1. The molecule has 1 aliphatic heterocycles. The summed E-state index contributed by atoms with van der Waals surface area (Å²) in [5.41, 5.74) is 7.65. The number of anilines is 1. The van der Waals surface area contributed by atoms with Crippen LogP contribution in [-0.4, -0.2) is 38.6 Å². The summed E-state index contributed by atoms with van der Waals surface area (Å²) >= 11 is 6.04. The molecule has 0 unspecified atom stereocenters. The van der Waals surface area contributed by atoms with Gasteiger partial charge in [-0.25, -0.2) is 0 Å². The van der Waals surface area contributed by atoms with E-state index in [9.17, 15) is 4.79 Å². The van der Waals surface area contributed by atoms with Gasteiger partial charge >= 0.3 is 0 Å². The van der Waals surface area contributed by atoms with Crippen LogP contribution < -0.4 is 15.5 Å². The number of nitrogens with one attached hydrogen (secondary N) is 1. The molecule has 1 aromatic carbocycles. The van der Waals surface area contributed by atoms with Gasteiger partial charge in [0.15, 0.2) is 6.54 Å². The lowest BCUT2D eigenvalue weighted by Gasteiger charge is -2.34. The molecule has 3 N–H and O–H groups in total. The standard InChI is InChI=1S/C13H18ClN3O/c1-10-2-3-11(14)8-12(10)17-6-4-16(5-7-17)9-13(15)18/h2-3,8H,4-7,9H2,1H3,(H2,15,18)/p+1. The number of rotatable bonds is 3. The van der Waals surface area contributed by atoms with Crippen LogP contribution in [0, 0.1) is 6.92 Å². The minimum atomic E-state index is -0.225. The number of halogens is 1. The van der Waals surface area contributed by atoms with Crippen molar-refractivity contribution in [3.8, 4) is 0 Å². The minimum absolute atomic E-state index is 0.225. The molecule has 98 valence electrons. The third kappa shape index (κ3) is 3.15. The number of primary amides is 1. The van der Waals surface area contributed by atoms with Crippen molar-refractivity contribution in [2.75, 3.05) is 37.6 Å². The number of amides is 1. The van der Waals surface area contributed by atoms with E-state index in [1.54, 1.807) is 0 Å². The number of hydrogen-bond donors (Lipinski definition) is 2. The van der Waals surface area contributed by atoms with Gasteiger partial charge in [0, 0.05) is 10.7 Å². The van der Waals surface area contributed by atoms with Crippen LogP contribution in [0.15, 0.2) is 18.2 Å². The summed E-state index contributed by atoms with van der Waals surface area (Å²) in [5.74, 6) is -0.225. The smallest absolute Gasteiger partial charge is 0.272 e. The normalized spacial score (nSPS) is 16.9. The number of quaternary nitrogens is 1. The highest BCUT2D eigenvalue weighted by Gasteiger charge is 2.22. The van der Waals surface area contributed by atoms with Crippen LogP contribution >= 0.6 is 11.6 Å². The van der Waals surface area contributed by atoms with E-state index >= 15 is 0 Å². The summed E-state index contributed by atoms with van der Waals surface area (Å²) in [6.07, 6.45) is 0. The van der Waals surface area contributed by atoms with Crippen molar-refractivity contribution in [3.05, 3.63) is 28.8 Å². The molecular weight excluding hydrogens is 250 g/mol. The molecule has 1 saturated heterocycles. The van der Waals surface area contributed by atoms with Crippen LogP contribution in [0.4, 0.5) is 5.69 Å². The third-order valence-corrected chi connectivity index (χ3v) is 3.64. The molecule has 1 aliphatic rings. The average molecular weight is 269 g/mol. The Kier molecular flexibility index (Phi) is 4.09. The van der Waals surface area contributed by atoms with Gasteiger partial charge in [-0.3, -0.25) is 4.79 Å². The highest BCUT2D eigenvalue weighted by Crippen LogP contribution is 2.24. The second kappa shape index (κ2) is 5.59. The first-order valence-corrected chi connectivity index (χ1v) is 6.57. The minimum Gasteiger partial charge on any atom is -0.365 e. The molecule has 2 rings (SSSR count). The maximum Gasteiger partial charge on any atom is 0.272 e. The summed E-state index contributed by atoms with van der Waals surface area (Å²) in [6, 6.07) is 5.96. The summed E-state index contributed by atoms with van der Waals surface area (Å²) in [4.78, 5) is 14.5. The molecule has 0 spiro atoms. The van der Waals surface area contributed by atoms with Crippen LogP contribution in [-0.2, 0) is 4.79 Å². The van der Waals surface area contributed by atoms with Crippen molar-refractivity contribution >= 4 is 23.2 Å². The van der Waals surface area contributed by atoms with Gasteiger partial charge in [0.05, 0.1) is 26.2 Å². The molecule has 5 heteroatoms. The number of carbonyl (C=O) groups is 1. The zero-order chi connectivity index (χ0) is 13.1. The lowest BCUT2D eigenvalue weighted by atomic mass is 10.1. The number of piperazine rings is 1. The zero-order valence-electron chi connectivity index (χ0n) is 10.6. The number of aryl methyl sites for hydroxylation is 1. The Bertz CT molecular complexity index is 442. The van der Waals surface area contributed by atoms with Gasteiger partial charge in [0.2, 0.25) is 0 Å². The Morgan fingerprint density at radius 3 is 2.72 bits per heavy atom. The molecule has 0 aromatic heterocycles. The summed E-state index contributed by atoms with van der Waals surface area (Å²) in [7, 11) is 0. The molecule has 1 fully saturated rings. The fourth-order valence-electron chi connectivity index (χ4n) is 2.41. The first kappa shape index (κ1) is 13.2. The maximum atomic E-state index is 10.9. The van der Waals surface area contributed by atoms with E-state index in [0.29, 0.717) is 6.54 Å². The average Bonchev–Trinajstić information content (AvgIpc) is 2.33. The van der Waals surface area contributed by atoms with E-state index in [2.05, 4.69) is 11.8 Å². The van der Waals surface area contributed by atoms with E-state index in [4.69, 9.17) is 17.3 Å². The maximum absolute atomic E-state index is 10.9.